The van der Waals surface area contributed by atoms with E-state index in [4.69, 9.17) is 5.73 Å². The third-order valence-electron chi connectivity index (χ3n) is 1.77. The number of hydrogen-bond donors (Lipinski definition) is 2. The predicted octanol–water partition coefficient (Wildman–Crippen LogP) is 0.904. The lowest BCUT2D eigenvalue weighted by Gasteiger charge is -2.04. The average Bonchev–Trinajstić information content (AvgIpc) is 2.74. The van der Waals surface area contributed by atoms with Crippen LogP contribution in [-0.2, 0) is 0 Å². The molecule has 0 saturated heterocycles. The van der Waals surface area contributed by atoms with E-state index < -0.39 is 0 Å². The number of anilines is 2. The fourth-order valence-electron chi connectivity index (χ4n) is 1.04. The second-order valence-corrected chi connectivity index (χ2v) is 2.80. The number of nitrogens with zero attached hydrogens (tertiary/aromatic N) is 2. The summed E-state index contributed by atoms with van der Waals surface area (Å²) in [5, 5.41) is 6.08. The highest BCUT2D eigenvalue weighted by atomic mass is 16.5. The molecule has 0 aliphatic heterocycles. The molecule has 2 heterocycles. The Balaban J connectivity index is 2.17. The minimum absolute atomic E-state index is 0.200. The Kier molecular flexibility index (Phi) is 2.32. The second kappa shape index (κ2) is 3.79. The Hall–Kier alpha value is -2.37. The van der Waals surface area contributed by atoms with Crippen molar-refractivity contribution in [2.24, 2.45) is 0 Å². The molecule has 6 nitrogen and oxygen atoms in total. The van der Waals surface area contributed by atoms with E-state index in [1.165, 1.54) is 24.7 Å². The van der Waals surface area contributed by atoms with Gasteiger partial charge in [-0.3, -0.25) is 9.78 Å². The summed E-state index contributed by atoms with van der Waals surface area (Å²) in [6.45, 7) is 0. The molecule has 0 atom stereocenters. The zero-order valence-corrected chi connectivity index (χ0v) is 7.68. The third kappa shape index (κ3) is 1.93. The van der Waals surface area contributed by atoms with Crippen LogP contribution in [0.5, 0.6) is 0 Å². The van der Waals surface area contributed by atoms with E-state index in [0.717, 1.165) is 0 Å². The first kappa shape index (κ1) is 9.20. The molecule has 0 aliphatic carbocycles. The van der Waals surface area contributed by atoms with Gasteiger partial charge in [0.05, 0.1) is 17.6 Å². The largest absolute Gasteiger partial charge is 0.396 e. The lowest BCUT2D eigenvalue weighted by atomic mass is 10.3. The highest BCUT2D eigenvalue weighted by molar-refractivity contribution is 6.04. The molecule has 0 bridgehead atoms. The summed E-state index contributed by atoms with van der Waals surface area (Å²) in [5.74, 6) is -0.373. The Morgan fingerprint density at radius 2 is 2.33 bits per heavy atom. The summed E-state index contributed by atoms with van der Waals surface area (Å²) < 4.78 is 4.55. The van der Waals surface area contributed by atoms with Crippen LogP contribution in [-0.4, -0.2) is 16.0 Å². The lowest BCUT2D eigenvalue weighted by Crippen LogP contribution is -2.13. The molecule has 0 spiro atoms. The van der Waals surface area contributed by atoms with Crippen molar-refractivity contribution >= 4 is 17.3 Å². The Morgan fingerprint density at radius 3 is 3.00 bits per heavy atom. The summed E-state index contributed by atoms with van der Waals surface area (Å²) >= 11 is 0. The zero-order chi connectivity index (χ0) is 10.7. The van der Waals surface area contributed by atoms with Crippen LogP contribution in [0.3, 0.4) is 0 Å². The third-order valence-corrected chi connectivity index (χ3v) is 1.77. The van der Waals surface area contributed by atoms with Gasteiger partial charge in [-0.1, -0.05) is 5.16 Å². The van der Waals surface area contributed by atoms with Gasteiger partial charge in [0.25, 0.3) is 5.91 Å². The van der Waals surface area contributed by atoms with Gasteiger partial charge in [-0.15, -0.1) is 0 Å². The Bertz CT molecular complexity index is 467. The van der Waals surface area contributed by atoms with Crippen LogP contribution < -0.4 is 11.1 Å². The summed E-state index contributed by atoms with van der Waals surface area (Å²) in [6.07, 6.45) is 4.32. The van der Waals surface area contributed by atoms with Gasteiger partial charge in [-0.25, -0.2) is 0 Å². The van der Waals surface area contributed by atoms with E-state index in [0.29, 0.717) is 11.4 Å². The number of hydrogen-bond acceptors (Lipinski definition) is 5. The predicted molar refractivity (Wildman–Crippen MR) is 53.1 cm³/mol. The molecule has 0 radical (unpaired) electrons. The summed E-state index contributed by atoms with van der Waals surface area (Å²) in [6, 6.07) is 3.07. The van der Waals surface area contributed by atoms with E-state index in [-0.39, 0.29) is 11.6 Å². The van der Waals surface area contributed by atoms with Gasteiger partial charge < -0.3 is 15.6 Å². The molecule has 0 saturated carbocycles. The van der Waals surface area contributed by atoms with Crippen LogP contribution in [0.15, 0.2) is 35.3 Å². The molecular weight excluding hydrogens is 196 g/mol. The Morgan fingerprint density at radius 1 is 1.47 bits per heavy atom. The van der Waals surface area contributed by atoms with Crippen molar-refractivity contribution in [3.63, 3.8) is 0 Å². The normalized spacial score (nSPS) is 9.87. The van der Waals surface area contributed by atoms with E-state index in [9.17, 15) is 4.79 Å². The van der Waals surface area contributed by atoms with Crippen LogP contribution in [0.2, 0.25) is 0 Å². The standard InChI is InChI=1S/C9H8N4O2/c10-6-5-11-3-1-7(6)12-9(14)8-2-4-15-13-8/h1-5H,10H2,(H,11,12,14). The van der Waals surface area contributed by atoms with Gasteiger partial charge in [0.1, 0.15) is 6.26 Å². The molecule has 0 aliphatic rings. The minimum atomic E-state index is -0.373. The number of nitrogen functional groups attached to an aromatic ring is 1. The Labute approximate surface area is 85.1 Å². The van der Waals surface area contributed by atoms with Gasteiger partial charge in [0.15, 0.2) is 5.69 Å². The maximum atomic E-state index is 11.5. The highest BCUT2D eigenvalue weighted by Crippen LogP contribution is 2.15. The molecular formula is C9H8N4O2. The monoisotopic (exact) mass is 204 g/mol. The molecule has 1 amide bonds. The van der Waals surface area contributed by atoms with Gasteiger partial charge >= 0.3 is 0 Å². The van der Waals surface area contributed by atoms with Crippen LogP contribution >= 0.6 is 0 Å². The van der Waals surface area contributed by atoms with Gasteiger partial charge in [0.2, 0.25) is 0 Å². The number of nitrogens with one attached hydrogen (secondary N) is 1. The van der Waals surface area contributed by atoms with Gasteiger partial charge in [-0.2, -0.15) is 0 Å². The fraction of sp³-hybridized carbons (Fsp3) is 0. The molecule has 2 aromatic heterocycles. The van der Waals surface area contributed by atoms with E-state index >= 15 is 0 Å². The molecule has 3 N–H and O–H groups in total. The number of rotatable bonds is 2. The van der Waals surface area contributed by atoms with E-state index in [1.807, 2.05) is 0 Å². The van der Waals surface area contributed by atoms with Gasteiger partial charge in [-0.05, 0) is 6.07 Å². The molecule has 76 valence electrons. The minimum Gasteiger partial charge on any atom is -0.396 e. The van der Waals surface area contributed by atoms with Crippen molar-refractivity contribution in [2.45, 2.75) is 0 Å². The second-order valence-electron chi connectivity index (χ2n) is 2.80. The maximum absolute atomic E-state index is 11.5. The molecule has 0 fully saturated rings. The average molecular weight is 204 g/mol. The van der Waals surface area contributed by atoms with Crippen LogP contribution in [0.4, 0.5) is 11.4 Å². The van der Waals surface area contributed by atoms with Crippen molar-refractivity contribution in [3.8, 4) is 0 Å². The number of pyridine rings is 1. The smallest absolute Gasteiger partial charge is 0.277 e. The molecule has 15 heavy (non-hydrogen) atoms. The molecule has 0 aromatic carbocycles. The van der Waals surface area contributed by atoms with Gasteiger partial charge in [0, 0.05) is 12.3 Å². The first-order chi connectivity index (χ1) is 7.27. The number of carbonyl (C=O) groups is 1. The molecule has 2 aromatic rings. The maximum Gasteiger partial charge on any atom is 0.277 e. The van der Waals surface area contributed by atoms with Crippen molar-refractivity contribution in [1.82, 2.24) is 10.1 Å². The lowest BCUT2D eigenvalue weighted by molar-refractivity contribution is 0.101. The SMILES string of the molecule is Nc1cnccc1NC(=O)c1ccon1. The number of carbonyl (C=O) groups excluding carboxylic acids is 1. The number of aromatic nitrogens is 2. The van der Waals surface area contributed by atoms with E-state index in [2.05, 4.69) is 20.0 Å². The molecule has 2 rings (SSSR count). The van der Waals surface area contributed by atoms with Crippen LogP contribution in [0, 0.1) is 0 Å². The first-order valence-corrected chi connectivity index (χ1v) is 4.18. The topological polar surface area (TPSA) is 94.0 Å². The van der Waals surface area contributed by atoms with E-state index in [1.54, 1.807) is 6.07 Å². The number of amides is 1. The molecule has 6 heteroatoms. The van der Waals surface area contributed by atoms with Crippen molar-refractivity contribution in [1.29, 1.82) is 0 Å². The van der Waals surface area contributed by atoms with Crippen LogP contribution in [0.1, 0.15) is 10.5 Å². The summed E-state index contributed by atoms with van der Waals surface area (Å²) in [4.78, 5) is 15.3. The fourth-order valence-corrected chi connectivity index (χ4v) is 1.04. The first-order valence-electron chi connectivity index (χ1n) is 4.18. The summed E-state index contributed by atoms with van der Waals surface area (Å²) in [7, 11) is 0. The highest BCUT2D eigenvalue weighted by Gasteiger charge is 2.10. The zero-order valence-electron chi connectivity index (χ0n) is 7.68. The number of nitrogens with two attached hydrogens (primary N) is 1. The summed E-state index contributed by atoms with van der Waals surface area (Å²) in [5.41, 5.74) is 6.70. The quantitative estimate of drug-likeness (QED) is 0.758. The van der Waals surface area contributed by atoms with Crippen molar-refractivity contribution in [3.05, 3.63) is 36.5 Å². The van der Waals surface area contributed by atoms with Crippen LogP contribution in [0.25, 0.3) is 0 Å². The van der Waals surface area contributed by atoms with Crippen molar-refractivity contribution < 1.29 is 9.32 Å². The molecule has 0 unspecified atom stereocenters. The van der Waals surface area contributed by atoms with Crippen molar-refractivity contribution in [2.75, 3.05) is 11.1 Å².